The summed E-state index contributed by atoms with van der Waals surface area (Å²) in [5.74, 6) is 2.44. The molecule has 1 aromatic carbocycles. The van der Waals surface area contributed by atoms with Crippen LogP contribution in [0.2, 0.25) is 0 Å². The minimum absolute atomic E-state index is 0. The predicted octanol–water partition coefficient (Wildman–Crippen LogP) is 3.84. The zero-order chi connectivity index (χ0) is 19.6. The van der Waals surface area contributed by atoms with Gasteiger partial charge in [-0.25, -0.2) is 0 Å². The zero-order valence-electron chi connectivity index (χ0n) is 18.2. The Kier molecular flexibility index (Phi) is 11.3. The second-order valence-electron chi connectivity index (χ2n) is 8.31. The number of guanidine groups is 1. The first kappa shape index (κ1) is 24.4. The van der Waals surface area contributed by atoms with Crippen LogP contribution in [0.15, 0.2) is 35.3 Å². The molecule has 2 aliphatic heterocycles. The number of nitrogens with zero attached hydrogens (tertiary/aromatic N) is 3. The van der Waals surface area contributed by atoms with Gasteiger partial charge in [-0.1, -0.05) is 37.3 Å². The van der Waals surface area contributed by atoms with Crippen molar-refractivity contribution >= 4 is 29.9 Å². The van der Waals surface area contributed by atoms with Gasteiger partial charge in [-0.2, -0.15) is 0 Å². The van der Waals surface area contributed by atoms with Crippen molar-refractivity contribution in [3.63, 3.8) is 0 Å². The minimum Gasteiger partial charge on any atom is -0.376 e. The third-order valence-corrected chi connectivity index (χ3v) is 6.06. The van der Waals surface area contributed by atoms with Crippen LogP contribution in [0, 0.1) is 11.8 Å². The topological polar surface area (TPSA) is 40.1 Å². The molecule has 2 heterocycles. The minimum atomic E-state index is 0. The average molecular weight is 514 g/mol. The first-order valence-electron chi connectivity index (χ1n) is 11.1. The molecule has 0 amide bonds. The van der Waals surface area contributed by atoms with E-state index in [-0.39, 0.29) is 24.0 Å². The Morgan fingerprint density at radius 1 is 1.10 bits per heavy atom. The van der Waals surface area contributed by atoms with Crippen LogP contribution in [0.1, 0.15) is 38.2 Å². The molecule has 0 spiro atoms. The molecule has 0 radical (unpaired) electrons. The first-order chi connectivity index (χ1) is 13.8. The molecule has 2 aliphatic rings. The first-order valence-corrected chi connectivity index (χ1v) is 11.1. The monoisotopic (exact) mass is 514 g/mol. The highest BCUT2D eigenvalue weighted by atomic mass is 127. The van der Waals surface area contributed by atoms with Crippen molar-refractivity contribution in [2.45, 2.75) is 39.2 Å². The Morgan fingerprint density at radius 2 is 1.83 bits per heavy atom. The summed E-state index contributed by atoms with van der Waals surface area (Å²) in [6.45, 7) is 10.7. The van der Waals surface area contributed by atoms with E-state index in [0.717, 1.165) is 38.1 Å². The lowest BCUT2D eigenvalue weighted by Crippen LogP contribution is -2.44. The van der Waals surface area contributed by atoms with E-state index in [4.69, 9.17) is 4.74 Å². The van der Waals surface area contributed by atoms with Gasteiger partial charge < -0.3 is 19.9 Å². The lowest BCUT2D eigenvalue weighted by Gasteiger charge is -2.32. The largest absolute Gasteiger partial charge is 0.376 e. The van der Waals surface area contributed by atoms with Crippen LogP contribution in [0.3, 0.4) is 0 Å². The number of piperidine rings is 1. The van der Waals surface area contributed by atoms with Crippen LogP contribution < -0.4 is 5.32 Å². The molecule has 1 N–H and O–H groups in total. The van der Waals surface area contributed by atoms with Crippen LogP contribution >= 0.6 is 24.0 Å². The Labute approximate surface area is 194 Å². The van der Waals surface area contributed by atoms with E-state index in [1.807, 2.05) is 13.1 Å². The van der Waals surface area contributed by atoms with Crippen LogP contribution in [0.4, 0.5) is 0 Å². The number of hydrogen-bond acceptors (Lipinski definition) is 3. The number of ether oxygens (including phenoxy) is 1. The van der Waals surface area contributed by atoms with Gasteiger partial charge >= 0.3 is 0 Å². The van der Waals surface area contributed by atoms with Crippen molar-refractivity contribution in [1.82, 2.24) is 15.1 Å². The lowest BCUT2D eigenvalue weighted by atomic mass is 9.97. The van der Waals surface area contributed by atoms with Gasteiger partial charge in [0, 0.05) is 32.6 Å². The van der Waals surface area contributed by atoms with Crippen LogP contribution in [-0.4, -0.2) is 68.7 Å². The van der Waals surface area contributed by atoms with E-state index >= 15 is 0 Å². The van der Waals surface area contributed by atoms with Gasteiger partial charge in [-0.05, 0) is 56.8 Å². The third kappa shape index (κ3) is 8.06. The SMILES string of the molecule is CCCN1CCC(CNC(=NC)N2CCC(COCc3ccccc3)C2)CC1.I. The number of benzene rings is 1. The summed E-state index contributed by atoms with van der Waals surface area (Å²) < 4.78 is 5.96. The van der Waals surface area contributed by atoms with Crippen molar-refractivity contribution in [2.75, 3.05) is 52.9 Å². The predicted molar refractivity (Wildman–Crippen MR) is 132 cm³/mol. The van der Waals surface area contributed by atoms with E-state index in [9.17, 15) is 0 Å². The second-order valence-corrected chi connectivity index (χ2v) is 8.31. The summed E-state index contributed by atoms with van der Waals surface area (Å²) in [6, 6.07) is 10.4. The van der Waals surface area contributed by atoms with E-state index in [1.54, 1.807) is 0 Å². The summed E-state index contributed by atoms with van der Waals surface area (Å²) in [5, 5.41) is 3.65. The molecule has 6 heteroatoms. The molecular formula is C23H39IN4O. The van der Waals surface area contributed by atoms with E-state index in [0.29, 0.717) is 12.5 Å². The lowest BCUT2D eigenvalue weighted by molar-refractivity contribution is 0.0906. The second kappa shape index (κ2) is 13.4. The van der Waals surface area contributed by atoms with Crippen LogP contribution in [-0.2, 0) is 11.3 Å². The summed E-state index contributed by atoms with van der Waals surface area (Å²) in [7, 11) is 1.91. The summed E-state index contributed by atoms with van der Waals surface area (Å²) in [4.78, 5) is 9.55. The van der Waals surface area contributed by atoms with E-state index in [1.165, 1.54) is 50.9 Å². The molecule has 1 atom stereocenters. The summed E-state index contributed by atoms with van der Waals surface area (Å²) in [6.07, 6.45) is 5.06. The molecule has 3 rings (SSSR count). The molecule has 2 saturated heterocycles. The van der Waals surface area contributed by atoms with Crippen LogP contribution in [0.25, 0.3) is 0 Å². The highest BCUT2D eigenvalue weighted by molar-refractivity contribution is 14.0. The molecule has 5 nitrogen and oxygen atoms in total. The normalized spacial score (nSPS) is 21.2. The Bertz CT molecular complexity index is 590. The van der Waals surface area contributed by atoms with Crippen molar-refractivity contribution in [3.05, 3.63) is 35.9 Å². The molecule has 1 unspecified atom stereocenters. The molecule has 0 bridgehead atoms. The smallest absolute Gasteiger partial charge is 0.193 e. The standard InChI is InChI=1S/C23H38N4O.HI/c1-3-12-26-13-9-20(10-14-26)16-25-23(24-2)27-15-11-22(17-27)19-28-18-21-7-5-4-6-8-21;/h4-8,20,22H,3,9-19H2,1-2H3,(H,24,25);1H. The fourth-order valence-electron chi connectivity index (χ4n) is 4.38. The molecular weight excluding hydrogens is 475 g/mol. The van der Waals surface area contributed by atoms with Crippen molar-refractivity contribution in [1.29, 1.82) is 0 Å². The highest BCUT2D eigenvalue weighted by Gasteiger charge is 2.26. The van der Waals surface area contributed by atoms with Gasteiger partial charge in [0.1, 0.15) is 0 Å². The molecule has 0 saturated carbocycles. The summed E-state index contributed by atoms with van der Waals surface area (Å²) in [5.41, 5.74) is 1.25. The highest BCUT2D eigenvalue weighted by Crippen LogP contribution is 2.19. The van der Waals surface area contributed by atoms with E-state index < -0.39 is 0 Å². The average Bonchev–Trinajstić information content (AvgIpc) is 3.19. The van der Waals surface area contributed by atoms with Crippen molar-refractivity contribution < 1.29 is 4.74 Å². The fourth-order valence-corrected chi connectivity index (χ4v) is 4.38. The quantitative estimate of drug-likeness (QED) is 0.325. The number of aliphatic imine (C=N–C) groups is 1. The molecule has 1 aromatic rings. The van der Waals surface area contributed by atoms with Gasteiger partial charge in [-0.15, -0.1) is 24.0 Å². The number of halogens is 1. The van der Waals surface area contributed by atoms with Gasteiger partial charge in [-0.3, -0.25) is 4.99 Å². The number of hydrogen-bond donors (Lipinski definition) is 1. The van der Waals surface area contributed by atoms with Crippen molar-refractivity contribution in [2.24, 2.45) is 16.8 Å². The molecule has 29 heavy (non-hydrogen) atoms. The molecule has 2 fully saturated rings. The number of nitrogens with one attached hydrogen (secondary N) is 1. The Morgan fingerprint density at radius 3 is 2.52 bits per heavy atom. The number of likely N-dealkylation sites (tertiary alicyclic amines) is 2. The molecule has 0 aliphatic carbocycles. The van der Waals surface area contributed by atoms with Gasteiger partial charge in [0.15, 0.2) is 5.96 Å². The van der Waals surface area contributed by atoms with Crippen LogP contribution in [0.5, 0.6) is 0 Å². The number of rotatable bonds is 8. The summed E-state index contributed by atoms with van der Waals surface area (Å²) >= 11 is 0. The Balaban J connectivity index is 0.00000300. The maximum Gasteiger partial charge on any atom is 0.193 e. The third-order valence-electron chi connectivity index (χ3n) is 6.06. The fraction of sp³-hybridized carbons (Fsp3) is 0.696. The van der Waals surface area contributed by atoms with Gasteiger partial charge in [0.25, 0.3) is 0 Å². The van der Waals surface area contributed by atoms with Crippen molar-refractivity contribution in [3.8, 4) is 0 Å². The molecule has 0 aromatic heterocycles. The van der Waals surface area contributed by atoms with Gasteiger partial charge in [0.05, 0.1) is 13.2 Å². The zero-order valence-corrected chi connectivity index (χ0v) is 20.5. The molecule has 164 valence electrons. The Hall–Kier alpha value is -0.860. The van der Waals surface area contributed by atoms with Gasteiger partial charge in [0.2, 0.25) is 0 Å². The maximum atomic E-state index is 5.96. The maximum absolute atomic E-state index is 5.96. The van der Waals surface area contributed by atoms with E-state index in [2.05, 4.69) is 51.3 Å².